The van der Waals surface area contributed by atoms with Crippen LogP contribution >= 0.6 is 0 Å². The Kier molecular flexibility index (Phi) is 3.25. The van der Waals surface area contributed by atoms with Gasteiger partial charge in [-0.3, -0.25) is 0 Å². The van der Waals surface area contributed by atoms with Crippen LogP contribution in [0.3, 0.4) is 0 Å². The molecule has 0 radical (unpaired) electrons. The van der Waals surface area contributed by atoms with Gasteiger partial charge in [0.25, 0.3) is 0 Å². The van der Waals surface area contributed by atoms with Gasteiger partial charge in [0.2, 0.25) is 0 Å². The van der Waals surface area contributed by atoms with E-state index in [4.69, 9.17) is 9.84 Å². The summed E-state index contributed by atoms with van der Waals surface area (Å²) in [5.74, 6) is -0.199. The lowest BCUT2D eigenvalue weighted by Gasteiger charge is -2.09. The fraction of sp³-hybridized carbons (Fsp3) is 0.400. The third-order valence-electron chi connectivity index (χ3n) is 2.02. The predicted molar refractivity (Wildman–Crippen MR) is 48.5 cm³/mol. The lowest BCUT2D eigenvalue weighted by Crippen LogP contribution is -2.00. The fourth-order valence-corrected chi connectivity index (χ4v) is 1.09. The van der Waals surface area contributed by atoms with Crippen LogP contribution in [0.2, 0.25) is 0 Å². The van der Waals surface area contributed by atoms with Crippen molar-refractivity contribution in [1.29, 1.82) is 0 Å². The van der Waals surface area contributed by atoms with Crippen LogP contribution in [0, 0.1) is 5.82 Å². The Morgan fingerprint density at radius 2 is 2.23 bits per heavy atom. The first kappa shape index (κ1) is 9.99. The molecular weight excluding hydrogens is 171 g/mol. The van der Waals surface area contributed by atoms with Crippen LogP contribution in [0.4, 0.5) is 4.39 Å². The van der Waals surface area contributed by atoms with Crippen LogP contribution in [-0.2, 0) is 0 Å². The minimum absolute atomic E-state index is 0.0196. The van der Waals surface area contributed by atoms with Crippen molar-refractivity contribution in [2.24, 2.45) is 0 Å². The molecule has 1 N–H and O–H groups in total. The van der Waals surface area contributed by atoms with Crippen molar-refractivity contribution in [3.8, 4) is 5.75 Å². The van der Waals surface area contributed by atoms with E-state index in [9.17, 15) is 4.39 Å². The monoisotopic (exact) mass is 184 g/mol. The number of benzene rings is 1. The summed E-state index contributed by atoms with van der Waals surface area (Å²) >= 11 is 0. The molecular formula is C10H13FO2. The number of aliphatic hydroxyl groups excluding tert-OH is 1. The van der Waals surface area contributed by atoms with Crippen LogP contribution in [0.25, 0.3) is 0 Å². The average Bonchev–Trinajstić information content (AvgIpc) is 2.16. The molecule has 1 unspecified atom stereocenters. The van der Waals surface area contributed by atoms with Gasteiger partial charge < -0.3 is 9.84 Å². The summed E-state index contributed by atoms with van der Waals surface area (Å²) in [5.41, 5.74) is 0.779. The van der Waals surface area contributed by atoms with Crippen molar-refractivity contribution in [2.45, 2.75) is 12.8 Å². The highest BCUT2D eigenvalue weighted by molar-refractivity contribution is 5.30. The topological polar surface area (TPSA) is 29.5 Å². The van der Waals surface area contributed by atoms with Crippen LogP contribution in [-0.4, -0.2) is 18.8 Å². The molecule has 0 aliphatic heterocycles. The van der Waals surface area contributed by atoms with E-state index in [-0.39, 0.29) is 24.1 Å². The normalized spacial score (nSPS) is 12.6. The summed E-state index contributed by atoms with van der Waals surface area (Å²) in [6.45, 7) is 1.85. The van der Waals surface area contributed by atoms with Crippen molar-refractivity contribution in [2.75, 3.05) is 13.7 Å². The fourth-order valence-electron chi connectivity index (χ4n) is 1.09. The zero-order chi connectivity index (χ0) is 9.84. The molecule has 13 heavy (non-hydrogen) atoms. The Morgan fingerprint density at radius 1 is 1.54 bits per heavy atom. The van der Waals surface area contributed by atoms with Crippen molar-refractivity contribution in [3.63, 3.8) is 0 Å². The molecule has 0 spiro atoms. The second kappa shape index (κ2) is 4.23. The zero-order valence-corrected chi connectivity index (χ0v) is 7.75. The van der Waals surface area contributed by atoms with E-state index in [1.807, 2.05) is 6.92 Å². The lowest BCUT2D eigenvalue weighted by molar-refractivity contribution is 0.272. The van der Waals surface area contributed by atoms with Gasteiger partial charge in [0.05, 0.1) is 7.11 Å². The molecule has 2 nitrogen and oxygen atoms in total. The number of methoxy groups -OCH3 is 1. The van der Waals surface area contributed by atoms with E-state index in [0.717, 1.165) is 5.56 Å². The standard InChI is InChI=1S/C10H13FO2/c1-7(6-12)8-3-4-10(13-2)9(11)5-8/h3-5,7,12H,6H2,1-2H3. The van der Waals surface area contributed by atoms with Crippen LogP contribution in [0.5, 0.6) is 5.75 Å². The van der Waals surface area contributed by atoms with Crippen LogP contribution < -0.4 is 4.74 Å². The molecule has 0 aromatic heterocycles. The molecule has 0 saturated heterocycles. The highest BCUT2D eigenvalue weighted by Gasteiger charge is 2.07. The summed E-state index contributed by atoms with van der Waals surface area (Å²) in [7, 11) is 1.42. The van der Waals surface area contributed by atoms with Gasteiger partial charge in [-0.15, -0.1) is 0 Å². The highest BCUT2D eigenvalue weighted by Crippen LogP contribution is 2.22. The SMILES string of the molecule is COc1ccc(C(C)CO)cc1F. The van der Waals surface area contributed by atoms with E-state index in [1.54, 1.807) is 12.1 Å². The van der Waals surface area contributed by atoms with Gasteiger partial charge in [0.1, 0.15) is 0 Å². The minimum Gasteiger partial charge on any atom is -0.494 e. The zero-order valence-electron chi connectivity index (χ0n) is 7.75. The van der Waals surface area contributed by atoms with Gasteiger partial charge in [-0.05, 0) is 17.7 Å². The number of ether oxygens (including phenoxy) is 1. The van der Waals surface area contributed by atoms with E-state index >= 15 is 0 Å². The van der Waals surface area contributed by atoms with Crippen LogP contribution in [0.15, 0.2) is 18.2 Å². The molecule has 1 atom stereocenters. The number of hydrogen-bond donors (Lipinski definition) is 1. The summed E-state index contributed by atoms with van der Waals surface area (Å²) < 4.78 is 17.9. The van der Waals surface area contributed by atoms with Gasteiger partial charge >= 0.3 is 0 Å². The first-order valence-corrected chi connectivity index (χ1v) is 4.13. The molecule has 1 rings (SSSR count). The molecule has 0 fully saturated rings. The van der Waals surface area contributed by atoms with Crippen molar-refractivity contribution >= 4 is 0 Å². The predicted octanol–water partition coefficient (Wildman–Crippen LogP) is 1.93. The van der Waals surface area contributed by atoms with Crippen molar-refractivity contribution < 1.29 is 14.2 Å². The molecule has 0 amide bonds. The number of halogens is 1. The average molecular weight is 184 g/mol. The number of rotatable bonds is 3. The van der Waals surface area contributed by atoms with Crippen molar-refractivity contribution in [3.05, 3.63) is 29.6 Å². The Labute approximate surface area is 77.0 Å². The van der Waals surface area contributed by atoms with Crippen molar-refractivity contribution in [1.82, 2.24) is 0 Å². The summed E-state index contributed by atoms with van der Waals surface area (Å²) in [6.07, 6.45) is 0. The van der Waals surface area contributed by atoms with E-state index in [2.05, 4.69) is 0 Å². The Bertz CT molecular complexity index is 286. The van der Waals surface area contributed by atoms with E-state index in [1.165, 1.54) is 13.2 Å². The largest absolute Gasteiger partial charge is 0.494 e. The minimum atomic E-state index is -0.389. The molecule has 0 heterocycles. The maximum Gasteiger partial charge on any atom is 0.165 e. The summed E-state index contributed by atoms with van der Waals surface area (Å²) in [4.78, 5) is 0. The summed E-state index contributed by atoms with van der Waals surface area (Å²) in [5, 5.41) is 8.85. The second-order valence-electron chi connectivity index (χ2n) is 2.98. The smallest absolute Gasteiger partial charge is 0.165 e. The molecule has 0 aliphatic rings. The Morgan fingerprint density at radius 3 is 2.69 bits per heavy atom. The molecule has 72 valence electrons. The maximum atomic E-state index is 13.1. The molecule has 1 aromatic carbocycles. The van der Waals surface area contributed by atoms with E-state index in [0.29, 0.717) is 0 Å². The molecule has 3 heteroatoms. The van der Waals surface area contributed by atoms with Gasteiger partial charge in [0, 0.05) is 12.5 Å². The Balaban J connectivity index is 2.95. The van der Waals surface area contributed by atoms with Gasteiger partial charge in [-0.1, -0.05) is 13.0 Å². The maximum absolute atomic E-state index is 13.1. The molecule has 0 bridgehead atoms. The van der Waals surface area contributed by atoms with Gasteiger partial charge in [-0.25, -0.2) is 4.39 Å². The highest BCUT2D eigenvalue weighted by atomic mass is 19.1. The number of hydrogen-bond acceptors (Lipinski definition) is 2. The first-order valence-electron chi connectivity index (χ1n) is 4.13. The lowest BCUT2D eigenvalue weighted by atomic mass is 10.0. The van der Waals surface area contributed by atoms with Gasteiger partial charge in [0.15, 0.2) is 11.6 Å². The third kappa shape index (κ3) is 2.18. The number of aliphatic hydroxyl groups is 1. The molecule has 0 aliphatic carbocycles. The summed E-state index contributed by atoms with van der Waals surface area (Å²) in [6, 6.07) is 4.71. The second-order valence-corrected chi connectivity index (χ2v) is 2.98. The first-order chi connectivity index (χ1) is 6.19. The van der Waals surface area contributed by atoms with Crippen LogP contribution in [0.1, 0.15) is 18.4 Å². The quantitative estimate of drug-likeness (QED) is 0.777. The van der Waals surface area contributed by atoms with E-state index < -0.39 is 0 Å². The molecule has 0 saturated carbocycles. The van der Waals surface area contributed by atoms with Gasteiger partial charge in [-0.2, -0.15) is 0 Å². The Hall–Kier alpha value is -1.09. The third-order valence-corrected chi connectivity index (χ3v) is 2.02. The molecule has 1 aromatic rings.